The van der Waals surface area contributed by atoms with Gasteiger partial charge in [0.15, 0.2) is 0 Å². The molecule has 3 radical (unpaired) electrons. The third-order valence-electron chi connectivity index (χ3n) is 0.530. The summed E-state index contributed by atoms with van der Waals surface area (Å²) in [5, 5.41) is 0. The molecule has 3 heteroatoms. The molecule has 0 heterocycles. The predicted molar refractivity (Wildman–Crippen MR) is 33.5 cm³/mol. The van der Waals surface area contributed by atoms with E-state index < -0.39 is 0 Å². The van der Waals surface area contributed by atoms with Crippen molar-refractivity contribution in [2.75, 3.05) is 0 Å². The molecule has 0 amide bonds. The van der Waals surface area contributed by atoms with E-state index in [4.69, 9.17) is 4.66 Å². The number of hydrogen-bond donors (Lipinski definition) is 1. The van der Waals surface area contributed by atoms with Crippen LogP contribution in [0.3, 0.4) is 0 Å². The molecule has 1 N–H and O–H groups in total. The van der Waals surface area contributed by atoms with Gasteiger partial charge in [-0.1, -0.05) is 0 Å². The van der Waals surface area contributed by atoms with Gasteiger partial charge in [-0.2, -0.15) is 0 Å². The summed E-state index contributed by atoms with van der Waals surface area (Å²) in [6.45, 7) is 2.23. The van der Waals surface area contributed by atoms with Crippen LogP contribution in [0.1, 0.15) is 19.8 Å². The van der Waals surface area contributed by atoms with Gasteiger partial charge in [-0.25, -0.2) is 0 Å². The van der Waals surface area contributed by atoms with Gasteiger partial charge in [0.2, 0.25) is 0 Å². The molecule has 7 heavy (non-hydrogen) atoms. The minimum atomic E-state index is 1.37. The van der Waals surface area contributed by atoms with Crippen molar-refractivity contribution in [3.8, 4) is 0 Å². The Bertz CT molecular complexity index is 19.2. The topological polar surface area (TPSA) is 20.2 Å². The smallest absolute Gasteiger partial charge is 0.0579 e. The molecule has 1 nitrogen and oxygen atoms in total. The van der Waals surface area contributed by atoms with Crippen LogP contribution in [0.15, 0.2) is 0 Å². The zero-order chi connectivity index (χ0) is 6.12. The first-order chi connectivity index (χ1) is 3.41. The average molecular weight is 228 g/mol. The van der Waals surface area contributed by atoms with Gasteiger partial charge in [-0.05, 0) is 0 Å². The van der Waals surface area contributed by atoms with Gasteiger partial charge in [-0.15, -0.1) is 0 Å². The zero-order valence-corrected chi connectivity index (χ0v) is 8.06. The maximum Gasteiger partial charge on any atom is 0.0579 e. The molecule has 0 saturated carbocycles. The molecule has 0 aromatic carbocycles. The van der Waals surface area contributed by atoms with Crippen molar-refractivity contribution in [1.82, 2.24) is 0 Å². The normalized spacial score (nSPS) is 6.86. The summed E-state index contributed by atoms with van der Waals surface area (Å²) in [5.74, 6) is 0. The summed E-state index contributed by atoms with van der Waals surface area (Å²) in [4.78, 5) is 0. The largest absolute Gasteiger partial charge is 0.295 e. The van der Waals surface area contributed by atoms with Crippen LogP contribution in [0.2, 0.25) is 4.44 Å². The summed E-state index contributed by atoms with van der Waals surface area (Å²) < 4.78 is 7.91. The molecule has 0 unspecified atom stereocenters. The minimum Gasteiger partial charge on any atom is -0.295 e. The van der Waals surface area contributed by atoms with Crippen LogP contribution in [0.25, 0.3) is 0 Å². The van der Waals surface area contributed by atoms with Crippen LogP contribution < -0.4 is 0 Å². The first-order valence-corrected chi connectivity index (χ1v) is 4.59. The Balaban J connectivity index is 0. The molecular formula is C4H10ClOSn. The number of hydrogen-bond acceptors (Lipinski definition) is 1. The number of rotatable bonds is 2. The van der Waals surface area contributed by atoms with E-state index in [1.165, 1.54) is 17.3 Å². The second kappa shape index (κ2) is 15.7. The molecule has 0 saturated heterocycles. The Morgan fingerprint density at radius 1 is 1.57 bits per heavy atom. The van der Waals surface area contributed by atoms with Crippen molar-refractivity contribution in [3.05, 3.63) is 0 Å². The first kappa shape index (κ1) is 10.9. The molecule has 43 valence electrons. The third-order valence-corrected chi connectivity index (χ3v) is 1.54. The SMILES string of the molecule is CCC[CH2][Sn].OCl. The van der Waals surface area contributed by atoms with Crippen LogP contribution >= 0.6 is 11.9 Å². The molecule has 0 spiro atoms. The summed E-state index contributed by atoms with van der Waals surface area (Å²) in [5.41, 5.74) is 0. The molecule has 0 atom stereocenters. The van der Waals surface area contributed by atoms with E-state index in [1.54, 1.807) is 22.5 Å². The fraction of sp³-hybridized carbons (Fsp3) is 1.00. The van der Waals surface area contributed by atoms with Gasteiger partial charge in [0.25, 0.3) is 0 Å². The fourth-order valence-corrected chi connectivity index (χ4v) is 1.19. The van der Waals surface area contributed by atoms with Crippen LogP contribution in [0, 0.1) is 0 Å². The maximum absolute atomic E-state index is 6.47. The van der Waals surface area contributed by atoms with E-state index in [1.807, 2.05) is 0 Å². The van der Waals surface area contributed by atoms with E-state index in [9.17, 15) is 0 Å². The van der Waals surface area contributed by atoms with Crippen molar-refractivity contribution < 1.29 is 4.66 Å². The van der Waals surface area contributed by atoms with Crippen molar-refractivity contribution in [3.63, 3.8) is 0 Å². The maximum atomic E-state index is 6.47. The molecule has 0 aromatic heterocycles. The van der Waals surface area contributed by atoms with Gasteiger partial charge in [0.05, 0.1) is 11.9 Å². The molecule has 0 fully saturated rings. The van der Waals surface area contributed by atoms with E-state index in [0.29, 0.717) is 0 Å². The standard InChI is InChI=1S/C4H9.ClHO.Sn/c1-3-4-2;1-2;/h1,3-4H2,2H3;2H;. The van der Waals surface area contributed by atoms with Crippen LogP contribution in [-0.2, 0) is 0 Å². The quantitative estimate of drug-likeness (QED) is 0.710. The van der Waals surface area contributed by atoms with Gasteiger partial charge < -0.3 is 0 Å². The molecule has 0 aromatic rings. The summed E-state index contributed by atoms with van der Waals surface area (Å²) in [7, 11) is 0. The molecule has 0 rings (SSSR count). The summed E-state index contributed by atoms with van der Waals surface area (Å²) in [6, 6.07) is 0. The van der Waals surface area contributed by atoms with Gasteiger partial charge in [0, 0.05) is 0 Å². The van der Waals surface area contributed by atoms with Gasteiger partial charge >= 0.3 is 46.7 Å². The number of unbranched alkanes of at least 4 members (excludes halogenated alkanes) is 1. The Hall–Kier alpha value is 1.05. The molecule has 0 aliphatic heterocycles. The first-order valence-electron chi connectivity index (χ1n) is 2.23. The number of halogens is 1. The molecular weight excluding hydrogens is 218 g/mol. The second-order valence-corrected chi connectivity index (χ2v) is 2.53. The van der Waals surface area contributed by atoms with Crippen molar-refractivity contribution in [1.29, 1.82) is 0 Å². The van der Waals surface area contributed by atoms with Crippen molar-refractivity contribution in [2.45, 2.75) is 24.2 Å². The van der Waals surface area contributed by atoms with Crippen LogP contribution in [0.4, 0.5) is 0 Å². The van der Waals surface area contributed by atoms with E-state index >= 15 is 0 Å². The van der Waals surface area contributed by atoms with E-state index in [2.05, 4.69) is 18.8 Å². The monoisotopic (exact) mass is 229 g/mol. The Kier molecular flexibility index (Phi) is 24.6. The van der Waals surface area contributed by atoms with Crippen LogP contribution in [0.5, 0.6) is 0 Å². The van der Waals surface area contributed by atoms with Gasteiger partial charge in [0.1, 0.15) is 0 Å². The zero-order valence-electron chi connectivity index (χ0n) is 4.45. The minimum absolute atomic E-state index is 1.37. The Morgan fingerprint density at radius 2 is 2.00 bits per heavy atom. The third kappa shape index (κ3) is 19.3. The van der Waals surface area contributed by atoms with E-state index in [0.717, 1.165) is 0 Å². The van der Waals surface area contributed by atoms with E-state index in [-0.39, 0.29) is 0 Å². The van der Waals surface area contributed by atoms with Crippen molar-refractivity contribution >= 4 is 34.4 Å². The molecule has 0 bridgehead atoms. The van der Waals surface area contributed by atoms with Crippen molar-refractivity contribution in [2.24, 2.45) is 0 Å². The Morgan fingerprint density at radius 3 is 2.00 bits per heavy atom. The second-order valence-electron chi connectivity index (χ2n) is 1.10. The van der Waals surface area contributed by atoms with Gasteiger partial charge in [-0.3, -0.25) is 4.66 Å². The summed E-state index contributed by atoms with van der Waals surface area (Å²) in [6.07, 6.45) is 2.80. The molecule has 0 aliphatic carbocycles. The Labute approximate surface area is 63.3 Å². The molecule has 0 aliphatic rings. The summed E-state index contributed by atoms with van der Waals surface area (Å²) >= 11 is 5.32. The predicted octanol–water partition coefficient (Wildman–Crippen LogP) is 1.51. The van der Waals surface area contributed by atoms with Crippen LogP contribution in [-0.4, -0.2) is 27.2 Å². The average Bonchev–Trinajstić information content (AvgIpc) is 1.75. The fourth-order valence-electron chi connectivity index (χ4n) is 0.177.